The fourth-order valence-corrected chi connectivity index (χ4v) is 3.54. The second-order valence-electron chi connectivity index (χ2n) is 3.78. The summed E-state index contributed by atoms with van der Waals surface area (Å²) < 4.78 is 1.42. The Morgan fingerprint density at radius 2 is 2.13 bits per heavy atom. The molecule has 0 aromatic carbocycles. The quantitative estimate of drug-likeness (QED) is 0.726. The molecule has 0 fully saturated rings. The van der Waals surface area contributed by atoms with Crippen LogP contribution in [0, 0.1) is 0 Å². The monoisotopic (exact) mass is 243 g/mol. The van der Waals surface area contributed by atoms with E-state index in [9.17, 15) is 0 Å². The van der Waals surface area contributed by atoms with Crippen molar-refractivity contribution in [2.75, 3.05) is 6.54 Å². The molecule has 0 saturated heterocycles. The van der Waals surface area contributed by atoms with Crippen LogP contribution in [0.1, 0.15) is 33.6 Å². The Balaban J connectivity index is 2.21. The number of thiophene rings is 1. The Bertz CT molecular complexity index is 242. The first kappa shape index (κ1) is 13.1. The van der Waals surface area contributed by atoms with E-state index in [-0.39, 0.29) is 0 Å². The molecule has 15 heavy (non-hydrogen) atoms. The van der Waals surface area contributed by atoms with Crippen molar-refractivity contribution in [3.8, 4) is 0 Å². The van der Waals surface area contributed by atoms with E-state index < -0.39 is 0 Å². The Kier molecular flexibility index (Phi) is 6.37. The Morgan fingerprint density at radius 3 is 2.67 bits per heavy atom. The average molecular weight is 243 g/mol. The minimum Gasteiger partial charge on any atom is -0.313 e. The zero-order valence-corrected chi connectivity index (χ0v) is 11.5. The van der Waals surface area contributed by atoms with Crippen LogP contribution in [0.15, 0.2) is 21.7 Å². The van der Waals surface area contributed by atoms with Crippen LogP contribution in [-0.4, -0.2) is 17.8 Å². The SMILES string of the molecule is CCC(CC)NCC(C)Sc1cccs1. The molecule has 1 unspecified atom stereocenters. The molecular weight excluding hydrogens is 222 g/mol. The molecule has 1 rings (SSSR count). The maximum Gasteiger partial charge on any atom is 0.0601 e. The van der Waals surface area contributed by atoms with Gasteiger partial charge in [-0.1, -0.05) is 26.8 Å². The van der Waals surface area contributed by atoms with E-state index >= 15 is 0 Å². The molecule has 3 heteroatoms. The minimum absolute atomic E-state index is 0.657. The van der Waals surface area contributed by atoms with Crippen LogP contribution in [0.2, 0.25) is 0 Å². The fraction of sp³-hybridized carbons (Fsp3) is 0.667. The Morgan fingerprint density at radius 1 is 1.40 bits per heavy atom. The Hall–Kier alpha value is 0.01000. The van der Waals surface area contributed by atoms with E-state index in [1.807, 2.05) is 23.1 Å². The number of nitrogens with one attached hydrogen (secondary N) is 1. The van der Waals surface area contributed by atoms with Crippen molar-refractivity contribution in [3.05, 3.63) is 17.5 Å². The van der Waals surface area contributed by atoms with Crippen LogP contribution >= 0.6 is 23.1 Å². The normalized spacial score (nSPS) is 13.3. The second-order valence-corrected chi connectivity index (χ2v) is 6.47. The highest BCUT2D eigenvalue weighted by molar-refractivity contribution is 8.01. The summed E-state index contributed by atoms with van der Waals surface area (Å²) in [6, 6.07) is 5.01. The maximum atomic E-state index is 3.62. The largest absolute Gasteiger partial charge is 0.313 e. The van der Waals surface area contributed by atoms with Crippen LogP contribution in [0.25, 0.3) is 0 Å². The zero-order chi connectivity index (χ0) is 11.1. The zero-order valence-electron chi connectivity index (χ0n) is 9.82. The lowest BCUT2D eigenvalue weighted by Crippen LogP contribution is -2.32. The predicted molar refractivity (Wildman–Crippen MR) is 72.0 cm³/mol. The standard InChI is InChI=1S/C12H21NS2/c1-4-11(5-2)13-9-10(3)15-12-7-6-8-14-12/h6-8,10-11,13H,4-5,9H2,1-3H3. The Labute approximate surface area is 102 Å². The van der Waals surface area contributed by atoms with E-state index in [0.717, 1.165) is 6.54 Å². The number of hydrogen-bond acceptors (Lipinski definition) is 3. The lowest BCUT2D eigenvalue weighted by Gasteiger charge is -2.17. The average Bonchev–Trinajstić information content (AvgIpc) is 2.72. The first-order valence-electron chi connectivity index (χ1n) is 5.69. The van der Waals surface area contributed by atoms with Crippen molar-refractivity contribution >= 4 is 23.1 Å². The molecule has 1 nitrogen and oxygen atoms in total. The summed E-state index contributed by atoms with van der Waals surface area (Å²) in [7, 11) is 0. The lowest BCUT2D eigenvalue weighted by atomic mass is 10.2. The molecule has 0 amide bonds. The van der Waals surface area contributed by atoms with Gasteiger partial charge >= 0.3 is 0 Å². The molecule has 0 aliphatic rings. The predicted octanol–water partition coefficient (Wildman–Crippen LogP) is 4.01. The third-order valence-electron chi connectivity index (χ3n) is 2.49. The van der Waals surface area contributed by atoms with Crippen LogP contribution in [0.3, 0.4) is 0 Å². The van der Waals surface area contributed by atoms with Crippen LogP contribution in [0.5, 0.6) is 0 Å². The molecular formula is C12H21NS2. The second kappa shape index (κ2) is 7.31. The van der Waals surface area contributed by atoms with Gasteiger partial charge in [0.25, 0.3) is 0 Å². The van der Waals surface area contributed by atoms with Crippen molar-refractivity contribution in [1.29, 1.82) is 0 Å². The maximum absolute atomic E-state index is 3.62. The molecule has 1 heterocycles. The van der Waals surface area contributed by atoms with Crippen molar-refractivity contribution in [2.45, 2.75) is 49.1 Å². The fourth-order valence-electron chi connectivity index (χ4n) is 1.48. The van der Waals surface area contributed by atoms with Gasteiger partial charge in [0.15, 0.2) is 0 Å². The molecule has 0 aliphatic heterocycles. The van der Waals surface area contributed by atoms with Crippen molar-refractivity contribution in [2.24, 2.45) is 0 Å². The van der Waals surface area contributed by atoms with Crippen molar-refractivity contribution in [1.82, 2.24) is 5.32 Å². The summed E-state index contributed by atoms with van der Waals surface area (Å²) in [5.74, 6) is 0. The molecule has 0 saturated carbocycles. The summed E-state index contributed by atoms with van der Waals surface area (Å²) in [6.07, 6.45) is 2.46. The van der Waals surface area contributed by atoms with Gasteiger partial charge in [0.2, 0.25) is 0 Å². The van der Waals surface area contributed by atoms with E-state index in [2.05, 4.69) is 43.6 Å². The molecule has 0 spiro atoms. The van der Waals surface area contributed by atoms with Gasteiger partial charge in [0, 0.05) is 17.8 Å². The summed E-state index contributed by atoms with van der Waals surface area (Å²) in [5, 5.41) is 6.41. The number of rotatable bonds is 7. The van der Waals surface area contributed by atoms with Crippen molar-refractivity contribution in [3.63, 3.8) is 0 Å². The summed E-state index contributed by atoms with van der Waals surface area (Å²) in [4.78, 5) is 0. The highest BCUT2D eigenvalue weighted by atomic mass is 32.2. The lowest BCUT2D eigenvalue weighted by molar-refractivity contribution is 0.488. The highest BCUT2D eigenvalue weighted by Gasteiger charge is 2.07. The molecule has 86 valence electrons. The molecule has 1 aromatic heterocycles. The van der Waals surface area contributed by atoms with Gasteiger partial charge in [-0.15, -0.1) is 23.1 Å². The van der Waals surface area contributed by atoms with Crippen LogP contribution in [0.4, 0.5) is 0 Å². The van der Waals surface area contributed by atoms with E-state index in [1.54, 1.807) is 0 Å². The van der Waals surface area contributed by atoms with E-state index in [1.165, 1.54) is 17.1 Å². The van der Waals surface area contributed by atoms with Gasteiger partial charge in [-0.05, 0) is 24.3 Å². The molecule has 1 atom stereocenters. The first-order valence-corrected chi connectivity index (χ1v) is 7.45. The van der Waals surface area contributed by atoms with Gasteiger partial charge in [-0.3, -0.25) is 0 Å². The first-order chi connectivity index (χ1) is 7.26. The van der Waals surface area contributed by atoms with Gasteiger partial charge in [-0.2, -0.15) is 0 Å². The summed E-state index contributed by atoms with van der Waals surface area (Å²) in [5.41, 5.74) is 0. The molecule has 1 N–H and O–H groups in total. The smallest absolute Gasteiger partial charge is 0.0601 e. The third-order valence-corrected chi connectivity index (χ3v) is 4.67. The molecule has 1 aromatic rings. The van der Waals surface area contributed by atoms with E-state index in [4.69, 9.17) is 0 Å². The summed E-state index contributed by atoms with van der Waals surface area (Å²) >= 11 is 3.80. The molecule has 0 radical (unpaired) electrons. The van der Waals surface area contributed by atoms with Gasteiger partial charge < -0.3 is 5.32 Å². The number of hydrogen-bond donors (Lipinski definition) is 1. The van der Waals surface area contributed by atoms with Gasteiger partial charge in [0.1, 0.15) is 0 Å². The third kappa shape index (κ3) is 5.05. The summed E-state index contributed by atoms with van der Waals surface area (Å²) in [6.45, 7) is 7.89. The van der Waals surface area contributed by atoms with Crippen LogP contribution in [-0.2, 0) is 0 Å². The molecule has 0 bridgehead atoms. The van der Waals surface area contributed by atoms with Crippen molar-refractivity contribution < 1.29 is 0 Å². The van der Waals surface area contributed by atoms with E-state index in [0.29, 0.717) is 11.3 Å². The topological polar surface area (TPSA) is 12.0 Å². The molecule has 0 aliphatic carbocycles. The van der Waals surface area contributed by atoms with Gasteiger partial charge in [0.05, 0.1) is 4.21 Å². The minimum atomic E-state index is 0.657. The number of thioether (sulfide) groups is 1. The highest BCUT2D eigenvalue weighted by Crippen LogP contribution is 2.27. The van der Waals surface area contributed by atoms with Crippen LogP contribution < -0.4 is 5.32 Å². The van der Waals surface area contributed by atoms with Gasteiger partial charge in [-0.25, -0.2) is 0 Å².